The number of aliphatic hydroxyl groups is 1. The van der Waals surface area contributed by atoms with Gasteiger partial charge in [-0.25, -0.2) is 0 Å². The van der Waals surface area contributed by atoms with E-state index in [1.54, 1.807) is 12.1 Å². The average Bonchev–Trinajstić information content (AvgIpc) is 2.99. The van der Waals surface area contributed by atoms with Crippen LogP contribution >= 0.6 is 0 Å². The van der Waals surface area contributed by atoms with E-state index in [4.69, 9.17) is 9.73 Å². The number of phenols is 1. The lowest BCUT2D eigenvalue weighted by Crippen LogP contribution is -2.67. The van der Waals surface area contributed by atoms with Crippen LogP contribution in [0, 0.1) is 17.3 Å². The van der Waals surface area contributed by atoms with E-state index in [1.165, 1.54) is 7.11 Å². The van der Waals surface area contributed by atoms with Crippen molar-refractivity contribution in [3.05, 3.63) is 29.8 Å². The van der Waals surface area contributed by atoms with Crippen molar-refractivity contribution >= 4 is 22.9 Å². The number of benzene rings is 1. The van der Waals surface area contributed by atoms with Gasteiger partial charge in [0.2, 0.25) is 0 Å². The summed E-state index contributed by atoms with van der Waals surface area (Å²) < 4.78 is 5.35. The predicted molar refractivity (Wildman–Crippen MR) is 101 cm³/mol. The first-order valence-electron chi connectivity index (χ1n) is 9.65. The molecule has 1 aliphatic carbocycles. The summed E-state index contributed by atoms with van der Waals surface area (Å²) in [7, 11) is 1.45. The van der Waals surface area contributed by atoms with Gasteiger partial charge < -0.3 is 14.9 Å². The molecule has 5 atom stereocenters. The van der Waals surface area contributed by atoms with Crippen LogP contribution in [0.15, 0.2) is 29.3 Å². The number of phenolic OH excluding ortho intramolecular Hbond substituents is 1. The Hall–Kier alpha value is -2.18. The molecule has 2 N–H and O–H groups in total. The van der Waals surface area contributed by atoms with E-state index < -0.39 is 5.41 Å². The van der Waals surface area contributed by atoms with Crippen LogP contribution in [0.2, 0.25) is 0 Å². The molecule has 1 aromatic rings. The quantitative estimate of drug-likeness (QED) is 0.799. The molecule has 1 aromatic carbocycles. The third kappa shape index (κ3) is 2.20. The summed E-state index contributed by atoms with van der Waals surface area (Å²) in [6.07, 6.45) is 4.61. The SMILES string of the molecule is COC(=O)[C@]12CC3CC(CCO)C1N(CC=C1C2=Nc2ccc(O)cc21)C3. The monoisotopic (exact) mass is 368 g/mol. The highest BCUT2D eigenvalue weighted by Crippen LogP contribution is 2.57. The maximum absolute atomic E-state index is 13.3. The maximum atomic E-state index is 13.3. The number of nitrogens with zero attached hydrogens (tertiary/aromatic N) is 2. The molecule has 3 fully saturated rings. The molecule has 4 bridgehead atoms. The molecule has 142 valence electrons. The van der Waals surface area contributed by atoms with E-state index in [1.807, 2.05) is 6.07 Å². The number of aliphatic imine (C=N–C) groups is 1. The fourth-order valence-electron chi connectivity index (χ4n) is 6.06. The number of allylic oxidation sites excluding steroid dienone is 1. The fraction of sp³-hybridized carbons (Fsp3) is 0.524. The van der Waals surface area contributed by atoms with Crippen molar-refractivity contribution in [2.24, 2.45) is 22.2 Å². The Bertz CT molecular complexity index is 877. The van der Waals surface area contributed by atoms with E-state index in [9.17, 15) is 15.0 Å². The second-order valence-electron chi connectivity index (χ2n) is 8.22. The van der Waals surface area contributed by atoms with E-state index in [0.29, 0.717) is 12.3 Å². The van der Waals surface area contributed by atoms with Crippen molar-refractivity contribution in [2.45, 2.75) is 25.3 Å². The Morgan fingerprint density at radius 2 is 2.30 bits per heavy atom. The molecule has 4 unspecified atom stereocenters. The van der Waals surface area contributed by atoms with Crippen LogP contribution in [0.1, 0.15) is 24.8 Å². The molecular weight excluding hydrogens is 344 g/mol. The molecule has 0 amide bonds. The van der Waals surface area contributed by atoms with E-state index in [-0.39, 0.29) is 30.3 Å². The molecule has 4 heterocycles. The zero-order valence-electron chi connectivity index (χ0n) is 15.4. The molecule has 0 aromatic heterocycles. The van der Waals surface area contributed by atoms with Gasteiger partial charge in [-0.2, -0.15) is 0 Å². The van der Waals surface area contributed by atoms with Crippen molar-refractivity contribution < 1.29 is 19.7 Å². The summed E-state index contributed by atoms with van der Waals surface area (Å²) in [6.45, 7) is 1.83. The Labute approximate surface area is 158 Å². The summed E-state index contributed by atoms with van der Waals surface area (Å²) in [4.78, 5) is 20.6. The van der Waals surface area contributed by atoms with Crippen LogP contribution in [-0.2, 0) is 9.53 Å². The standard InChI is InChI=1S/C21H24N2O4/c1-27-20(26)21-10-12-8-13(5-7-24)19(21)23(11-12)6-4-15-16-9-14(25)2-3-17(16)22-18(15)21/h2-4,9,12-13,19,24-25H,5-8,10-11H2,1H3/t12?,13?,19?,21-/m0/s1. The minimum atomic E-state index is -0.813. The number of hydrogen-bond donors (Lipinski definition) is 2. The highest BCUT2D eigenvalue weighted by molar-refractivity contribution is 6.36. The van der Waals surface area contributed by atoms with E-state index in [0.717, 1.165) is 48.5 Å². The zero-order chi connectivity index (χ0) is 18.8. The van der Waals surface area contributed by atoms with E-state index >= 15 is 0 Å². The predicted octanol–water partition coefficient (Wildman–Crippen LogP) is 2.13. The fourth-order valence-corrected chi connectivity index (χ4v) is 6.06. The topological polar surface area (TPSA) is 82.4 Å². The first-order valence-corrected chi connectivity index (χ1v) is 9.65. The Morgan fingerprint density at radius 3 is 3.07 bits per heavy atom. The van der Waals surface area contributed by atoms with Crippen LogP contribution < -0.4 is 0 Å². The number of piperidine rings is 2. The van der Waals surface area contributed by atoms with Crippen LogP contribution in [0.25, 0.3) is 5.57 Å². The molecule has 6 nitrogen and oxygen atoms in total. The number of ether oxygens (including phenoxy) is 1. The second kappa shape index (κ2) is 5.91. The number of carbonyl (C=O) groups is 1. The van der Waals surface area contributed by atoms with Gasteiger partial charge in [0, 0.05) is 36.9 Å². The Morgan fingerprint density at radius 1 is 1.44 bits per heavy atom. The molecular formula is C21H24N2O4. The normalized spacial score (nSPS) is 35.6. The number of aromatic hydroxyl groups is 1. The number of rotatable bonds is 3. The van der Waals surface area contributed by atoms with Crippen molar-refractivity contribution in [3.63, 3.8) is 0 Å². The van der Waals surface area contributed by atoms with Crippen molar-refractivity contribution in [1.82, 2.24) is 4.90 Å². The van der Waals surface area contributed by atoms with Crippen molar-refractivity contribution in [1.29, 1.82) is 0 Å². The van der Waals surface area contributed by atoms with Gasteiger partial charge in [0.15, 0.2) is 0 Å². The highest BCUT2D eigenvalue weighted by Gasteiger charge is 2.64. The first kappa shape index (κ1) is 17.0. The number of fused-ring (bicyclic) bond motifs is 4. The maximum Gasteiger partial charge on any atom is 0.319 e. The lowest BCUT2D eigenvalue weighted by atomic mass is 9.55. The minimum Gasteiger partial charge on any atom is -0.508 e. The van der Waals surface area contributed by atoms with Gasteiger partial charge in [0.1, 0.15) is 11.2 Å². The number of hydrogen-bond acceptors (Lipinski definition) is 6. The summed E-state index contributed by atoms with van der Waals surface area (Å²) in [5.41, 5.74) is 2.61. The summed E-state index contributed by atoms with van der Waals surface area (Å²) in [5.74, 6) is 0.603. The van der Waals surface area contributed by atoms with Crippen LogP contribution in [0.3, 0.4) is 0 Å². The first-order chi connectivity index (χ1) is 13.1. The van der Waals surface area contributed by atoms with Gasteiger partial charge in [-0.05, 0) is 49.3 Å². The van der Waals surface area contributed by atoms with Crippen LogP contribution in [0.4, 0.5) is 5.69 Å². The van der Waals surface area contributed by atoms with Gasteiger partial charge in [-0.1, -0.05) is 6.08 Å². The highest BCUT2D eigenvalue weighted by atomic mass is 16.5. The average molecular weight is 368 g/mol. The third-order valence-corrected chi connectivity index (χ3v) is 6.84. The molecule has 27 heavy (non-hydrogen) atoms. The Kier molecular flexibility index (Phi) is 3.71. The number of carbonyl (C=O) groups excluding carboxylic acids is 1. The lowest BCUT2D eigenvalue weighted by Gasteiger charge is -2.58. The molecule has 5 aliphatic rings. The molecule has 6 rings (SSSR count). The summed E-state index contributed by atoms with van der Waals surface area (Å²) >= 11 is 0. The van der Waals surface area contributed by atoms with Crippen molar-refractivity contribution in [3.8, 4) is 5.75 Å². The smallest absolute Gasteiger partial charge is 0.319 e. The third-order valence-electron chi connectivity index (χ3n) is 6.84. The van der Waals surface area contributed by atoms with Gasteiger partial charge in [-0.3, -0.25) is 14.7 Å². The van der Waals surface area contributed by atoms with Crippen LogP contribution in [0.5, 0.6) is 5.75 Å². The van der Waals surface area contributed by atoms with E-state index in [2.05, 4.69) is 11.0 Å². The molecule has 4 aliphatic heterocycles. The van der Waals surface area contributed by atoms with Gasteiger partial charge in [0.05, 0.1) is 18.5 Å². The largest absolute Gasteiger partial charge is 0.508 e. The van der Waals surface area contributed by atoms with Gasteiger partial charge in [0.25, 0.3) is 0 Å². The molecule has 1 saturated carbocycles. The van der Waals surface area contributed by atoms with Gasteiger partial charge in [-0.15, -0.1) is 0 Å². The molecule has 0 spiro atoms. The number of aliphatic hydroxyl groups excluding tert-OH is 1. The lowest BCUT2D eigenvalue weighted by molar-refractivity contribution is -0.164. The Balaban J connectivity index is 1.71. The number of esters is 1. The molecule has 2 saturated heterocycles. The zero-order valence-corrected chi connectivity index (χ0v) is 15.4. The van der Waals surface area contributed by atoms with Crippen LogP contribution in [-0.4, -0.2) is 59.6 Å². The number of methoxy groups -OCH3 is 1. The van der Waals surface area contributed by atoms with Gasteiger partial charge >= 0.3 is 5.97 Å². The summed E-state index contributed by atoms with van der Waals surface area (Å²) in [5, 5.41) is 19.6. The molecule has 0 radical (unpaired) electrons. The van der Waals surface area contributed by atoms with Crippen molar-refractivity contribution in [2.75, 3.05) is 26.8 Å². The summed E-state index contributed by atoms with van der Waals surface area (Å²) in [6, 6.07) is 5.16. The minimum absolute atomic E-state index is 0.0162. The molecule has 6 heteroatoms. The second-order valence-corrected chi connectivity index (χ2v) is 8.22.